The van der Waals surface area contributed by atoms with Gasteiger partial charge in [0.15, 0.2) is 5.69 Å². The van der Waals surface area contributed by atoms with Gasteiger partial charge < -0.3 is 15.5 Å². The van der Waals surface area contributed by atoms with Crippen LogP contribution in [0.25, 0.3) is 0 Å². The van der Waals surface area contributed by atoms with Gasteiger partial charge in [-0.3, -0.25) is 0 Å². The average molecular weight is 267 g/mol. The molecule has 0 unspecified atom stereocenters. The summed E-state index contributed by atoms with van der Waals surface area (Å²) in [6.07, 6.45) is 4.05. The summed E-state index contributed by atoms with van der Waals surface area (Å²) in [7, 11) is 0. The van der Waals surface area contributed by atoms with Crippen LogP contribution in [0.3, 0.4) is 0 Å². The highest BCUT2D eigenvalue weighted by Gasteiger charge is 2.15. The molecule has 0 saturated heterocycles. The van der Waals surface area contributed by atoms with Crippen LogP contribution in [0.5, 0.6) is 0 Å². The molecule has 0 aliphatic heterocycles. The highest BCUT2D eigenvalue weighted by molar-refractivity contribution is 5.91. The number of nitrogens with one attached hydrogen (secondary N) is 1. The van der Waals surface area contributed by atoms with E-state index >= 15 is 0 Å². The predicted molar refractivity (Wildman–Crippen MR) is 72.5 cm³/mol. The van der Waals surface area contributed by atoms with Crippen LogP contribution in [0.4, 0.5) is 5.69 Å². The number of aliphatic hydroxyl groups is 1. The van der Waals surface area contributed by atoms with Crippen molar-refractivity contribution in [2.24, 2.45) is 0 Å². The van der Waals surface area contributed by atoms with Gasteiger partial charge in [-0.2, -0.15) is 0 Å². The molecule has 6 nitrogen and oxygen atoms in total. The third kappa shape index (κ3) is 4.82. The third-order valence-corrected chi connectivity index (χ3v) is 2.68. The molecule has 0 aromatic carbocycles. The second-order valence-corrected chi connectivity index (χ2v) is 4.66. The van der Waals surface area contributed by atoms with Crippen LogP contribution in [0.1, 0.15) is 55.3 Å². The van der Waals surface area contributed by atoms with Crippen molar-refractivity contribution in [1.82, 2.24) is 9.97 Å². The van der Waals surface area contributed by atoms with E-state index in [-0.39, 0.29) is 18.2 Å². The summed E-state index contributed by atoms with van der Waals surface area (Å²) in [6.45, 7) is 4.67. The van der Waals surface area contributed by atoms with Crippen LogP contribution < -0.4 is 5.32 Å². The minimum Gasteiger partial charge on any atom is -0.476 e. The quantitative estimate of drug-likeness (QED) is 0.622. The second kappa shape index (κ2) is 7.68. The number of hydrogen-bond donors (Lipinski definition) is 3. The Bertz CT molecular complexity index is 422. The van der Waals surface area contributed by atoms with Crippen molar-refractivity contribution < 1.29 is 15.0 Å². The Kier molecular flexibility index (Phi) is 6.21. The number of unbranched alkanes of at least 4 members (excludes halogenated alkanes) is 2. The molecule has 6 heteroatoms. The fourth-order valence-electron chi connectivity index (χ4n) is 1.60. The molecule has 19 heavy (non-hydrogen) atoms. The van der Waals surface area contributed by atoms with Gasteiger partial charge in [-0.15, -0.1) is 0 Å². The van der Waals surface area contributed by atoms with Gasteiger partial charge in [0, 0.05) is 19.1 Å². The summed E-state index contributed by atoms with van der Waals surface area (Å²) in [6, 6.07) is 0. The Labute approximate surface area is 112 Å². The van der Waals surface area contributed by atoms with Gasteiger partial charge in [-0.1, -0.05) is 13.8 Å². The molecule has 1 rings (SSSR count). The molecule has 0 bridgehead atoms. The largest absolute Gasteiger partial charge is 0.476 e. The Morgan fingerprint density at radius 1 is 1.37 bits per heavy atom. The van der Waals surface area contributed by atoms with E-state index in [4.69, 9.17) is 10.2 Å². The maximum atomic E-state index is 11.2. The van der Waals surface area contributed by atoms with Gasteiger partial charge in [-0.05, 0) is 19.3 Å². The van der Waals surface area contributed by atoms with E-state index in [1.54, 1.807) is 0 Å². The second-order valence-electron chi connectivity index (χ2n) is 4.66. The lowest BCUT2D eigenvalue weighted by atomic mass is 10.2. The van der Waals surface area contributed by atoms with E-state index in [1.165, 1.54) is 6.20 Å². The average Bonchev–Trinajstić information content (AvgIpc) is 2.38. The van der Waals surface area contributed by atoms with Gasteiger partial charge in [0.2, 0.25) is 0 Å². The Hall–Kier alpha value is -1.69. The predicted octanol–water partition coefficient (Wildman–Crippen LogP) is 1.87. The topological polar surface area (TPSA) is 95.3 Å². The van der Waals surface area contributed by atoms with Crippen molar-refractivity contribution >= 4 is 11.7 Å². The SMILES string of the molecule is CC(C)c1ncc(NCCCCCO)c(C(=O)O)n1. The Balaban J connectivity index is 2.69. The zero-order valence-electron chi connectivity index (χ0n) is 11.4. The zero-order chi connectivity index (χ0) is 14.3. The summed E-state index contributed by atoms with van der Waals surface area (Å²) in [5.74, 6) is -0.429. The molecule has 1 aromatic rings. The van der Waals surface area contributed by atoms with E-state index in [1.807, 2.05) is 13.8 Å². The lowest BCUT2D eigenvalue weighted by Crippen LogP contribution is -2.13. The molecule has 0 spiro atoms. The van der Waals surface area contributed by atoms with Gasteiger partial charge in [0.05, 0.1) is 11.9 Å². The van der Waals surface area contributed by atoms with E-state index in [2.05, 4.69) is 15.3 Å². The lowest BCUT2D eigenvalue weighted by molar-refractivity contribution is 0.0691. The fourth-order valence-corrected chi connectivity index (χ4v) is 1.60. The lowest BCUT2D eigenvalue weighted by Gasteiger charge is -2.11. The summed E-state index contributed by atoms with van der Waals surface area (Å²) in [5, 5.41) is 20.8. The van der Waals surface area contributed by atoms with E-state index in [0.29, 0.717) is 18.1 Å². The number of carboxylic acids is 1. The fraction of sp³-hybridized carbons (Fsp3) is 0.615. The van der Waals surface area contributed by atoms with Crippen LogP contribution in [0.15, 0.2) is 6.20 Å². The maximum absolute atomic E-state index is 11.2. The minimum absolute atomic E-state index is 0.0147. The molecule has 0 saturated carbocycles. The molecule has 0 fully saturated rings. The first-order valence-electron chi connectivity index (χ1n) is 6.51. The van der Waals surface area contributed by atoms with Crippen LogP contribution >= 0.6 is 0 Å². The molecule has 1 aromatic heterocycles. The summed E-state index contributed by atoms with van der Waals surface area (Å²) in [4.78, 5) is 19.4. The van der Waals surface area contributed by atoms with E-state index in [9.17, 15) is 4.79 Å². The molecular weight excluding hydrogens is 246 g/mol. The molecule has 0 aliphatic carbocycles. The molecule has 106 valence electrons. The highest BCUT2D eigenvalue weighted by atomic mass is 16.4. The van der Waals surface area contributed by atoms with Crippen molar-refractivity contribution in [2.45, 2.75) is 39.0 Å². The Morgan fingerprint density at radius 2 is 2.11 bits per heavy atom. The smallest absolute Gasteiger partial charge is 0.356 e. The molecular formula is C13H21N3O3. The number of aromatic carboxylic acids is 1. The van der Waals surface area contributed by atoms with E-state index < -0.39 is 5.97 Å². The monoisotopic (exact) mass is 267 g/mol. The number of rotatable bonds is 8. The van der Waals surface area contributed by atoms with Crippen molar-refractivity contribution in [3.63, 3.8) is 0 Å². The van der Waals surface area contributed by atoms with Crippen LogP contribution in [-0.4, -0.2) is 39.3 Å². The van der Waals surface area contributed by atoms with Gasteiger partial charge in [0.1, 0.15) is 5.82 Å². The molecule has 0 atom stereocenters. The first-order chi connectivity index (χ1) is 9.06. The number of carboxylic acid groups (broad SMARTS) is 1. The number of carbonyl (C=O) groups is 1. The molecule has 0 radical (unpaired) electrons. The normalized spacial score (nSPS) is 10.7. The highest BCUT2D eigenvalue weighted by Crippen LogP contribution is 2.16. The summed E-state index contributed by atoms with van der Waals surface area (Å²) < 4.78 is 0. The maximum Gasteiger partial charge on any atom is 0.356 e. The van der Waals surface area contributed by atoms with Gasteiger partial charge in [-0.25, -0.2) is 14.8 Å². The van der Waals surface area contributed by atoms with Crippen molar-refractivity contribution in [3.8, 4) is 0 Å². The first kappa shape index (κ1) is 15.4. The van der Waals surface area contributed by atoms with Crippen molar-refractivity contribution in [1.29, 1.82) is 0 Å². The standard InChI is InChI=1S/C13H21N3O3/c1-9(2)12-15-8-10(11(16-12)13(18)19)14-6-4-3-5-7-17/h8-9,14,17H,3-7H2,1-2H3,(H,18,19). The first-order valence-corrected chi connectivity index (χ1v) is 6.51. The molecule has 0 amide bonds. The third-order valence-electron chi connectivity index (χ3n) is 2.68. The van der Waals surface area contributed by atoms with Crippen molar-refractivity contribution in [2.75, 3.05) is 18.5 Å². The summed E-state index contributed by atoms with van der Waals surface area (Å²) >= 11 is 0. The number of aliphatic hydroxyl groups excluding tert-OH is 1. The Morgan fingerprint density at radius 3 is 2.68 bits per heavy atom. The summed E-state index contributed by atoms with van der Waals surface area (Å²) in [5.41, 5.74) is 0.460. The van der Waals surface area contributed by atoms with Crippen molar-refractivity contribution in [3.05, 3.63) is 17.7 Å². The van der Waals surface area contributed by atoms with Crippen LogP contribution in [0, 0.1) is 0 Å². The van der Waals surface area contributed by atoms with E-state index in [0.717, 1.165) is 19.3 Å². The van der Waals surface area contributed by atoms with Crippen LogP contribution in [0.2, 0.25) is 0 Å². The molecule has 0 aliphatic rings. The van der Waals surface area contributed by atoms with Gasteiger partial charge in [0.25, 0.3) is 0 Å². The number of anilines is 1. The number of nitrogens with zero attached hydrogens (tertiary/aromatic N) is 2. The minimum atomic E-state index is -1.05. The number of aromatic nitrogens is 2. The van der Waals surface area contributed by atoms with Crippen LogP contribution in [-0.2, 0) is 0 Å². The van der Waals surface area contributed by atoms with Gasteiger partial charge >= 0.3 is 5.97 Å². The molecule has 1 heterocycles. The number of hydrogen-bond acceptors (Lipinski definition) is 5. The molecule has 3 N–H and O–H groups in total. The zero-order valence-corrected chi connectivity index (χ0v) is 11.4.